The molecule has 12 heteroatoms. The molecule has 1 amide bonds. The molecule has 0 saturated carbocycles. The Kier molecular flexibility index (Phi) is 5.43. The second kappa shape index (κ2) is 8.21. The number of rotatable bonds is 4. The first-order chi connectivity index (χ1) is 15.2. The monoisotopic (exact) mass is 448 g/mol. The SMILES string of the molecule is O=C(Nc1cccc(-c2ccc(C(F)(F)F)cc2)c1)O[C@@H]1COc2nc([N+](=O)[O-])cn2C1. The quantitative estimate of drug-likeness (QED) is 0.466. The van der Waals surface area contributed by atoms with Crippen molar-refractivity contribution in [1.29, 1.82) is 0 Å². The number of amides is 1. The number of alkyl halides is 3. The smallest absolute Gasteiger partial charge is 0.416 e. The van der Waals surface area contributed by atoms with Crippen LogP contribution in [-0.2, 0) is 17.5 Å². The van der Waals surface area contributed by atoms with Crippen molar-refractivity contribution in [2.24, 2.45) is 0 Å². The van der Waals surface area contributed by atoms with Gasteiger partial charge in [0.25, 0.3) is 0 Å². The molecule has 0 fully saturated rings. The second-order valence-corrected chi connectivity index (χ2v) is 6.91. The first-order valence-corrected chi connectivity index (χ1v) is 9.29. The van der Waals surface area contributed by atoms with Crippen LogP contribution in [-0.4, -0.2) is 33.3 Å². The lowest BCUT2D eigenvalue weighted by molar-refractivity contribution is -0.389. The number of halogens is 3. The Morgan fingerprint density at radius 2 is 1.97 bits per heavy atom. The highest BCUT2D eigenvalue weighted by Gasteiger charge is 2.31. The van der Waals surface area contributed by atoms with Crippen LogP contribution < -0.4 is 10.1 Å². The van der Waals surface area contributed by atoms with Crippen LogP contribution in [0.25, 0.3) is 11.1 Å². The van der Waals surface area contributed by atoms with Gasteiger partial charge in [-0.3, -0.25) is 9.88 Å². The predicted octanol–water partition coefficient (Wildman–Crippen LogP) is 4.49. The summed E-state index contributed by atoms with van der Waals surface area (Å²) in [5.41, 5.74) is 0.779. The highest BCUT2D eigenvalue weighted by atomic mass is 19.4. The third-order valence-electron chi connectivity index (χ3n) is 4.64. The van der Waals surface area contributed by atoms with Crippen molar-refractivity contribution < 1.29 is 32.4 Å². The van der Waals surface area contributed by atoms with Gasteiger partial charge in [0.1, 0.15) is 12.8 Å². The molecule has 0 saturated heterocycles. The highest BCUT2D eigenvalue weighted by molar-refractivity contribution is 5.86. The van der Waals surface area contributed by atoms with E-state index >= 15 is 0 Å². The number of ether oxygens (including phenoxy) is 2. The summed E-state index contributed by atoms with van der Waals surface area (Å²) >= 11 is 0. The number of hydrogen-bond acceptors (Lipinski definition) is 6. The Hall–Kier alpha value is -4.09. The number of carbonyl (C=O) groups excluding carboxylic acids is 1. The third-order valence-corrected chi connectivity index (χ3v) is 4.64. The minimum Gasteiger partial charge on any atom is -0.442 e. The van der Waals surface area contributed by atoms with Crippen molar-refractivity contribution in [1.82, 2.24) is 9.55 Å². The number of anilines is 1. The summed E-state index contributed by atoms with van der Waals surface area (Å²) in [5.74, 6) is -0.370. The Morgan fingerprint density at radius 3 is 2.66 bits per heavy atom. The maximum absolute atomic E-state index is 12.7. The van der Waals surface area contributed by atoms with Gasteiger partial charge in [0, 0.05) is 10.7 Å². The first-order valence-electron chi connectivity index (χ1n) is 9.29. The largest absolute Gasteiger partial charge is 0.442 e. The fraction of sp³-hybridized carbons (Fsp3) is 0.200. The van der Waals surface area contributed by atoms with Crippen molar-refractivity contribution in [3.8, 4) is 17.1 Å². The van der Waals surface area contributed by atoms with Crippen LogP contribution >= 0.6 is 0 Å². The molecule has 166 valence electrons. The molecule has 0 unspecified atom stereocenters. The normalized spacial score (nSPS) is 15.4. The second-order valence-electron chi connectivity index (χ2n) is 6.91. The van der Waals surface area contributed by atoms with Crippen molar-refractivity contribution in [2.75, 3.05) is 11.9 Å². The van der Waals surface area contributed by atoms with Gasteiger partial charge < -0.3 is 19.6 Å². The first kappa shape index (κ1) is 21.2. The molecule has 2 aromatic carbocycles. The molecule has 1 aliphatic rings. The number of hydrogen-bond donors (Lipinski definition) is 1. The Morgan fingerprint density at radius 1 is 1.22 bits per heavy atom. The summed E-state index contributed by atoms with van der Waals surface area (Å²) in [6.07, 6.45) is -4.71. The van der Waals surface area contributed by atoms with Gasteiger partial charge in [0.15, 0.2) is 6.10 Å². The molecule has 1 aliphatic heterocycles. The summed E-state index contributed by atoms with van der Waals surface area (Å²) < 4.78 is 50.2. The minimum absolute atomic E-state index is 0.0207. The van der Waals surface area contributed by atoms with E-state index in [1.807, 2.05) is 0 Å². The van der Waals surface area contributed by atoms with Gasteiger partial charge in [-0.2, -0.15) is 13.2 Å². The van der Waals surface area contributed by atoms with Gasteiger partial charge in [-0.25, -0.2) is 4.79 Å². The fourth-order valence-electron chi connectivity index (χ4n) is 3.16. The minimum atomic E-state index is -4.42. The number of nitrogens with zero attached hydrogens (tertiary/aromatic N) is 3. The zero-order valence-corrected chi connectivity index (χ0v) is 16.2. The van der Waals surface area contributed by atoms with E-state index in [0.717, 1.165) is 12.1 Å². The molecule has 3 aromatic rings. The number of imidazole rings is 1. The molecule has 0 bridgehead atoms. The zero-order valence-electron chi connectivity index (χ0n) is 16.2. The predicted molar refractivity (Wildman–Crippen MR) is 105 cm³/mol. The maximum atomic E-state index is 12.7. The molecule has 2 heterocycles. The molecule has 0 spiro atoms. The van der Waals surface area contributed by atoms with Crippen LogP contribution in [0.15, 0.2) is 54.7 Å². The molecule has 9 nitrogen and oxygen atoms in total. The summed E-state index contributed by atoms with van der Waals surface area (Å²) in [6.45, 7) is 0.113. The molecule has 1 atom stereocenters. The van der Waals surface area contributed by atoms with Crippen LogP contribution in [0.5, 0.6) is 6.01 Å². The average Bonchev–Trinajstić information content (AvgIpc) is 3.17. The number of benzene rings is 2. The van der Waals surface area contributed by atoms with Gasteiger partial charge in [0.05, 0.1) is 12.1 Å². The standard InChI is InChI=1S/C20H15F3N4O5/c21-20(22,23)14-6-4-12(5-7-14)13-2-1-3-15(8-13)24-19(28)32-16-9-26-10-17(27(29)30)25-18(26)31-11-16/h1-8,10,16H,9,11H2,(H,24,28)/t16-/m0/s1. The number of carbonyl (C=O) groups is 1. The molecule has 1 N–H and O–H groups in total. The summed E-state index contributed by atoms with van der Waals surface area (Å²) in [7, 11) is 0. The van der Waals surface area contributed by atoms with E-state index in [1.165, 1.54) is 22.9 Å². The molecule has 0 radical (unpaired) electrons. The van der Waals surface area contributed by atoms with Crippen molar-refractivity contribution in [2.45, 2.75) is 18.8 Å². The van der Waals surface area contributed by atoms with Crippen LogP contribution in [0.4, 0.5) is 29.5 Å². The summed E-state index contributed by atoms with van der Waals surface area (Å²) in [5, 5.41) is 13.4. The van der Waals surface area contributed by atoms with E-state index in [9.17, 15) is 28.1 Å². The van der Waals surface area contributed by atoms with Crippen LogP contribution in [0.1, 0.15) is 5.56 Å². The molecule has 0 aliphatic carbocycles. The lowest BCUT2D eigenvalue weighted by Gasteiger charge is -2.22. The van der Waals surface area contributed by atoms with Gasteiger partial charge in [-0.1, -0.05) is 24.3 Å². The summed E-state index contributed by atoms with van der Waals surface area (Å²) in [6, 6.07) is 11.3. The number of nitrogens with one attached hydrogen (secondary N) is 1. The Bertz CT molecular complexity index is 1160. The topological polar surface area (TPSA) is 109 Å². The van der Waals surface area contributed by atoms with Crippen molar-refractivity contribution >= 4 is 17.6 Å². The van der Waals surface area contributed by atoms with E-state index in [1.54, 1.807) is 24.3 Å². The van der Waals surface area contributed by atoms with Crippen LogP contribution in [0.2, 0.25) is 0 Å². The number of nitro groups is 1. The van der Waals surface area contributed by atoms with Crippen LogP contribution in [0, 0.1) is 10.1 Å². The molecule has 1 aromatic heterocycles. The fourth-order valence-corrected chi connectivity index (χ4v) is 3.16. The van der Waals surface area contributed by atoms with E-state index in [0.29, 0.717) is 16.8 Å². The van der Waals surface area contributed by atoms with Crippen molar-refractivity contribution in [3.63, 3.8) is 0 Å². The Labute approximate surface area is 178 Å². The van der Waals surface area contributed by atoms with Gasteiger partial charge in [-0.05, 0) is 40.3 Å². The molecule has 4 rings (SSSR count). The maximum Gasteiger partial charge on any atom is 0.416 e. The average molecular weight is 448 g/mol. The number of aromatic nitrogens is 2. The summed E-state index contributed by atoms with van der Waals surface area (Å²) in [4.78, 5) is 26.1. The number of fused-ring (bicyclic) bond motifs is 1. The third kappa shape index (κ3) is 4.63. The lowest BCUT2D eigenvalue weighted by atomic mass is 10.0. The molecular weight excluding hydrogens is 433 g/mol. The molecular formula is C20H15F3N4O5. The van der Waals surface area contributed by atoms with Gasteiger partial charge in [-0.15, -0.1) is 0 Å². The van der Waals surface area contributed by atoms with E-state index in [2.05, 4.69) is 10.3 Å². The lowest BCUT2D eigenvalue weighted by Crippen LogP contribution is -2.35. The zero-order chi connectivity index (χ0) is 22.9. The van der Waals surface area contributed by atoms with E-state index < -0.39 is 28.9 Å². The van der Waals surface area contributed by atoms with Crippen LogP contribution in [0.3, 0.4) is 0 Å². The van der Waals surface area contributed by atoms with E-state index in [4.69, 9.17) is 9.47 Å². The Balaban J connectivity index is 1.39. The van der Waals surface area contributed by atoms with Gasteiger partial charge >= 0.3 is 24.1 Å². The van der Waals surface area contributed by atoms with Gasteiger partial charge in [0.2, 0.25) is 0 Å². The molecule has 32 heavy (non-hydrogen) atoms. The van der Waals surface area contributed by atoms with E-state index in [-0.39, 0.29) is 25.0 Å². The highest BCUT2D eigenvalue weighted by Crippen LogP contribution is 2.31. The van der Waals surface area contributed by atoms with Crippen molar-refractivity contribution in [3.05, 3.63) is 70.4 Å².